The van der Waals surface area contributed by atoms with E-state index in [9.17, 15) is 14.5 Å². The van der Waals surface area contributed by atoms with Crippen molar-refractivity contribution in [1.82, 2.24) is 0 Å². The van der Waals surface area contributed by atoms with Crippen LogP contribution in [0.3, 0.4) is 0 Å². The summed E-state index contributed by atoms with van der Waals surface area (Å²) in [5.74, 6) is -0.816. The number of ether oxygens (including phenoxy) is 1. The molecular weight excluding hydrogens is 324 g/mol. The van der Waals surface area contributed by atoms with Gasteiger partial charge in [-0.2, -0.15) is 0 Å². The summed E-state index contributed by atoms with van der Waals surface area (Å²) in [7, 11) is 0. The molecule has 2 aromatic carbocycles. The van der Waals surface area contributed by atoms with Gasteiger partial charge in [0.15, 0.2) is 0 Å². The van der Waals surface area contributed by atoms with Gasteiger partial charge < -0.3 is 9.84 Å². The molecule has 0 radical (unpaired) electrons. The maximum Gasteiger partial charge on any atom is 0.313 e. The van der Waals surface area contributed by atoms with Crippen LogP contribution in [0, 0.1) is 15.9 Å². The molecule has 2 rings (SSSR count). The summed E-state index contributed by atoms with van der Waals surface area (Å²) in [5, 5.41) is 20.1. The molecule has 8 heteroatoms. The number of hydrogen-bond donors (Lipinski definition) is 1. The first-order chi connectivity index (χ1) is 9.90. The van der Waals surface area contributed by atoms with E-state index in [-0.39, 0.29) is 27.1 Å². The molecule has 0 saturated heterocycles. The Hall–Kier alpha value is -1.89. The molecular formula is C13H8Cl2FNO4. The molecule has 21 heavy (non-hydrogen) atoms. The molecule has 0 aliphatic rings. The topological polar surface area (TPSA) is 72.6 Å². The van der Waals surface area contributed by atoms with Gasteiger partial charge in [0.1, 0.15) is 11.6 Å². The van der Waals surface area contributed by atoms with E-state index in [1.54, 1.807) is 0 Å². The summed E-state index contributed by atoms with van der Waals surface area (Å²) >= 11 is 11.5. The van der Waals surface area contributed by atoms with Crippen molar-refractivity contribution in [2.75, 3.05) is 0 Å². The van der Waals surface area contributed by atoms with Crippen molar-refractivity contribution in [3.05, 3.63) is 61.9 Å². The number of hydrogen-bond acceptors (Lipinski definition) is 4. The molecule has 0 atom stereocenters. The molecule has 0 heterocycles. The third-order valence-electron chi connectivity index (χ3n) is 2.54. The first-order valence-electron chi connectivity index (χ1n) is 5.62. The van der Waals surface area contributed by atoms with Crippen LogP contribution in [0.25, 0.3) is 0 Å². The minimum Gasteiger partial charge on any atom is -0.450 e. The standard InChI is InChI=1S/C13H8Cl2FNO4/c14-10-4-12(17(19)20)13(5-11(10)15)21-9-2-7(6-18)1-8(16)3-9/h1-5,18H,6H2. The Kier molecular flexibility index (Phi) is 4.62. The van der Waals surface area contributed by atoms with Gasteiger partial charge in [0, 0.05) is 18.2 Å². The second kappa shape index (κ2) is 6.26. The van der Waals surface area contributed by atoms with Gasteiger partial charge >= 0.3 is 5.69 Å². The van der Waals surface area contributed by atoms with Crippen LogP contribution in [0.1, 0.15) is 5.56 Å². The third kappa shape index (κ3) is 3.60. The van der Waals surface area contributed by atoms with Crippen LogP contribution < -0.4 is 4.74 Å². The summed E-state index contributed by atoms with van der Waals surface area (Å²) in [5.41, 5.74) is -0.132. The van der Waals surface area contributed by atoms with E-state index in [0.717, 1.165) is 18.2 Å². The van der Waals surface area contributed by atoms with Gasteiger partial charge in [0.2, 0.25) is 5.75 Å². The van der Waals surface area contributed by atoms with Crippen molar-refractivity contribution in [2.24, 2.45) is 0 Å². The lowest BCUT2D eigenvalue weighted by atomic mass is 10.2. The lowest BCUT2D eigenvalue weighted by Gasteiger charge is -2.09. The highest BCUT2D eigenvalue weighted by Crippen LogP contribution is 2.38. The Morgan fingerprint density at radius 3 is 2.48 bits per heavy atom. The maximum absolute atomic E-state index is 13.3. The Labute approximate surface area is 128 Å². The van der Waals surface area contributed by atoms with Gasteiger partial charge in [-0.25, -0.2) is 4.39 Å². The molecule has 0 amide bonds. The highest BCUT2D eigenvalue weighted by molar-refractivity contribution is 6.42. The second-order valence-corrected chi connectivity index (χ2v) is 4.86. The zero-order valence-corrected chi connectivity index (χ0v) is 11.9. The van der Waals surface area contributed by atoms with E-state index < -0.39 is 23.0 Å². The number of rotatable bonds is 4. The zero-order valence-electron chi connectivity index (χ0n) is 10.3. The van der Waals surface area contributed by atoms with Crippen LogP contribution in [0.2, 0.25) is 10.0 Å². The molecule has 0 unspecified atom stereocenters. The van der Waals surface area contributed by atoms with Crippen molar-refractivity contribution >= 4 is 28.9 Å². The number of nitrogens with zero attached hydrogens (tertiary/aromatic N) is 1. The van der Waals surface area contributed by atoms with Crippen LogP contribution >= 0.6 is 23.2 Å². The smallest absolute Gasteiger partial charge is 0.313 e. The van der Waals surface area contributed by atoms with E-state index in [0.29, 0.717) is 0 Å². The summed E-state index contributed by atoms with van der Waals surface area (Å²) in [6, 6.07) is 5.73. The third-order valence-corrected chi connectivity index (χ3v) is 3.26. The summed E-state index contributed by atoms with van der Waals surface area (Å²) < 4.78 is 18.6. The van der Waals surface area contributed by atoms with Gasteiger partial charge in [-0.3, -0.25) is 10.1 Å². The molecule has 2 aromatic rings. The lowest BCUT2D eigenvalue weighted by Crippen LogP contribution is -1.95. The summed E-state index contributed by atoms with van der Waals surface area (Å²) in [6.45, 7) is -0.391. The molecule has 0 aliphatic carbocycles. The van der Waals surface area contributed by atoms with Crippen molar-refractivity contribution in [3.63, 3.8) is 0 Å². The fourth-order valence-electron chi connectivity index (χ4n) is 1.64. The molecule has 1 N–H and O–H groups in total. The number of aliphatic hydroxyl groups excluding tert-OH is 1. The fraction of sp³-hybridized carbons (Fsp3) is 0.0769. The number of benzene rings is 2. The molecule has 5 nitrogen and oxygen atoms in total. The van der Waals surface area contributed by atoms with E-state index >= 15 is 0 Å². The van der Waals surface area contributed by atoms with Gasteiger partial charge in [0.05, 0.1) is 21.6 Å². The molecule has 0 saturated carbocycles. The predicted octanol–water partition coefficient (Wildman–Crippen LogP) is 4.33. The van der Waals surface area contributed by atoms with Gasteiger partial charge in [-0.1, -0.05) is 23.2 Å². The van der Waals surface area contributed by atoms with Crippen molar-refractivity contribution in [3.8, 4) is 11.5 Å². The molecule has 0 bridgehead atoms. The van der Waals surface area contributed by atoms with E-state index in [2.05, 4.69) is 0 Å². The predicted molar refractivity (Wildman–Crippen MR) is 75.5 cm³/mol. The largest absolute Gasteiger partial charge is 0.450 e. The number of halogens is 3. The minimum atomic E-state index is -0.691. The number of nitro benzene ring substituents is 1. The van der Waals surface area contributed by atoms with Gasteiger partial charge in [0.25, 0.3) is 0 Å². The van der Waals surface area contributed by atoms with Crippen LogP contribution in [0.5, 0.6) is 11.5 Å². The SMILES string of the molecule is O=[N+]([O-])c1cc(Cl)c(Cl)cc1Oc1cc(F)cc(CO)c1. The number of nitro groups is 1. The Morgan fingerprint density at radius 1 is 1.19 bits per heavy atom. The number of aliphatic hydroxyl groups is 1. The molecule has 0 aromatic heterocycles. The summed E-state index contributed by atoms with van der Waals surface area (Å²) in [6.07, 6.45) is 0. The quantitative estimate of drug-likeness (QED) is 0.668. The highest BCUT2D eigenvalue weighted by atomic mass is 35.5. The first-order valence-corrected chi connectivity index (χ1v) is 6.38. The molecule has 0 aliphatic heterocycles. The van der Waals surface area contributed by atoms with Gasteiger partial charge in [-0.15, -0.1) is 0 Å². The fourth-order valence-corrected chi connectivity index (χ4v) is 1.95. The normalized spacial score (nSPS) is 10.5. The Balaban J connectivity index is 2.46. The average molecular weight is 332 g/mol. The zero-order chi connectivity index (χ0) is 15.6. The monoisotopic (exact) mass is 331 g/mol. The second-order valence-electron chi connectivity index (χ2n) is 4.05. The Morgan fingerprint density at radius 2 is 1.86 bits per heavy atom. The molecule has 0 fully saturated rings. The average Bonchev–Trinajstić information content (AvgIpc) is 2.41. The Bertz CT molecular complexity index is 709. The van der Waals surface area contributed by atoms with E-state index in [4.69, 9.17) is 33.0 Å². The van der Waals surface area contributed by atoms with Gasteiger partial charge in [-0.05, 0) is 17.7 Å². The van der Waals surface area contributed by atoms with Crippen molar-refractivity contribution < 1.29 is 19.2 Å². The van der Waals surface area contributed by atoms with Crippen molar-refractivity contribution in [1.29, 1.82) is 0 Å². The van der Waals surface area contributed by atoms with Crippen LogP contribution in [-0.4, -0.2) is 10.0 Å². The van der Waals surface area contributed by atoms with E-state index in [1.165, 1.54) is 12.1 Å². The van der Waals surface area contributed by atoms with Crippen LogP contribution in [-0.2, 0) is 6.61 Å². The lowest BCUT2D eigenvalue weighted by molar-refractivity contribution is -0.385. The molecule has 110 valence electrons. The van der Waals surface area contributed by atoms with Crippen LogP contribution in [0.4, 0.5) is 10.1 Å². The molecule has 0 spiro atoms. The van der Waals surface area contributed by atoms with Crippen molar-refractivity contribution in [2.45, 2.75) is 6.61 Å². The highest BCUT2D eigenvalue weighted by Gasteiger charge is 2.19. The van der Waals surface area contributed by atoms with Crippen LogP contribution in [0.15, 0.2) is 30.3 Å². The maximum atomic E-state index is 13.3. The summed E-state index contributed by atoms with van der Waals surface area (Å²) in [4.78, 5) is 10.3. The van der Waals surface area contributed by atoms with E-state index in [1.807, 2.05) is 0 Å². The minimum absolute atomic E-state index is 0.000499. The first kappa shape index (κ1) is 15.5.